The van der Waals surface area contributed by atoms with Crippen LogP contribution in [0.3, 0.4) is 0 Å². The fraction of sp³-hybridized carbons (Fsp3) is 0.900. The van der Waals surface area contributed by atoms with Crippen molar-refractivity contribution >= 4 is 5.91 Å². The first-order chi connectivity index (χ1) is 7.72. The molecular weight excluding hydrogens is 230 g/mol. The highest BCUT2D eigenvalue weighted by Crippen LogP contribution is 1.71. The average Bonchev–Trinajstić information content (AvgIpc) is 2.29. The lowest BCUT2D eigenvalue weighted by Gasteiger charge is -2.02. The van der Waals surface area contributed by atoms with Gasteiger partial charge in [-0.25, -0.2) is 0 Å². The standard InChI is InChI=1S/C4H9NO.C3H8O3.C3H8O2/c1-4(6)5(2)3;4-1-3(6)2-5;1-3(5)2-4/h1-3H3;3-6H,1-2H2;3-5H,2H2,1H3. The Bertz CT molecular complexity index is 159. The van der Waals surface area contributed by atoms with E-state index in [0.717, 1.165) is 0 Å². The summed E-state index contributed by atoms with van der Waals surface area (Å²) >= 11 is 0. The van der Waals surface area contributed by atoms with E-state index in [-0.39, 0.29) is 25.7 Å². The van der Waals surface area contributed by atoms with E-state index in [1.165, 1.54) is 18.7 Å². The maximum atomic E-state index is 10.1. The normalized spacial score (nSPS) is 10.7. The summed E-state index contributed by atoms with van der Waals surface area (Å²) in [5.41, 5.74) is 0. The Labute approximate surface area is 102 Å². The van der Waals surface area contributed by atoms with Crippen molar-refractivity contribution in [1.82, 2.24) is 4.90 Å². The van der Waals surface area contributed by atoms with Crippen molar-refractivity contribution in [2.75, 3.05) is 33.9 Å². The quantitative estimate of drug-likeness (QED) is 0.390. The summed E-state index contributed by atoms with van der Waals surface area (Å²) < 4.78 is 0. The molecule has 0 spiro atoms. The van der Waals surface area contributed by atoms with Crippen LogP contribution in [-0.2, 0) is 4.79 Å². The largest absolute Gasteiger partial charge is 0.394 e. The lowest BCUT2D eigenvalue weighted by molar-refractivity contribution is -0.126. The fourth-order valence-corrected chi connectivity index (χ4v) is 0.0577. The number of carbonyl (C=O) groups is 1. The molecule has 1 atom stereocenters. The molecule has 1 amide bonds. The molecule has 1 unspecified atom stereocenters. The number of hydrogen-bond donors (Lipinski definition) is 5. The number of amides is 1. The van der Waals surface area contributed by atoms with E-state index in [0.29, 0.717) is 0 Å². The SMILES string of the molecule is CC(=O)N(C)C.CC(O)CO.OCC(O)CO. The van der Waals surface area contributed by atoms with Crippen LogP contribution in [0.15, 0.2) is 0 Å². The van der Waals surface area contributed by atoms with Crippen molar-refractivity contribution in [3.05, 3.63) is 0 Å². The van der Waals surface area contributed by atoms with Crippen LogP contribution in [0.2, 0.25) is 0 Å². The van der Waals surface area contributed by atoms with E-state index in [2.05, 4.69) is 0 Å². The first-order valence-electron chi connectivity index (χ1n) is 5.09. The molecule has 7 heteroatoms. The van der Waals surface area contributed by atoms with Gasteiger partial charge in [-0.1, -0.05) is 0 Å². The lowest BCUT2D eigenvalue weighted by Crippen LogP contribution is -2.17. The molecule has 0 rings (SSSR count). The highest BCUT2D eigenvalue weighted by molar-refractivity contribution is 5.72. The molecule has 7 nitrogen and oxygen atoms in total. The van der Waals surface area contributed by atoms with E-state index in [1.807, 2.05) is 0 Å². The molecule has 17 heavy (non-hydrogen) atoms. The highest BCUT2D eigenvalue weighted by Gasteiger charge is 1.93. The van der Waals surface area contributed by atoms with Crippen LogP contribution in [0, 0.1) is 0 Å². The molecule has 0 saturated carbocycles. The fourth-order valence-electron chi connectivity index (χ4n) is 0.0577. The molecular formula is C10H25NO6. The van der Waals surface area contributed by atoms with E-state index < -0.39 is 12.2 Å². The molecule has 5 N–H and O–H groups in total. The predicted octanol–water partition coefficient (Wildman–Crippen LogP) is -2.21. The monoisotopic (exact) mass is 255 g/mol. The number of hydrogen-bond acceptors (Lipinski definition) is 6. The summed E-state index contributed by atoms with van der Waals surface area (Å²) in [6, 6.07) is 0. The summed E-state index contributed by atoms with van der Waals surface area (Å²) in [5, 5.41) is 40.0. The lowest BCUT2D eigenvalue weighted by atomic mass is 10.4. The first-order valence-corrected chi connectivity index (χ1v) is 5.09. The van der Waals surface area contributed by atoms with Crippen molar-refractivity contribution in [2.24, 2.45) is 0 Å². The first kappa shape index (κ1) is 21.5. The van der Waals surface area contributed by atoms with Gasteiger partial charge in [0.2, 0.25) is 5.91 Å². The number of rotatable bonds is 3. The molecule has 0 aliphatic carbocycles. The van der Waals surface area contributed by atoms with E-state index in [9.17, 15) is 4.79 Å². The number of aliphatic hydroxyl groups is 5. The van der Waals surface area contributed by atoms with Crippen molar-refractivity contribution in [3.8, 4) is 0 Å². The molecule has 0 aromatic heterocycles. The maximum absolute atomic E-state index is 10.1. The summed E-state index contributed by atoms with van der Waals surface area (Å²) in [6.07, 6.45) is -1.51. The zero-order valence-corrected chi connectivity index (χ0v) is 10.9. The van der Waals surface area contributed by atoms with Gasteiger partial charge in [0.15, 0.2) is 0 Å². The topological polar surface area (TPSA) is 121 Å². The average molecular weight is 255 g/mol. The minimum absolute atomic E-state index is 0.0926. The molecule has 0 aromatic carbocycles. The van der Waals surface area contributed by atoms with Gasteiger partial charge in [0.1, 0.15) is 6.10 Å². The zero-order valence-electron chi connectivity index (χ0n) is 10.9. The third-order valence-electron chi connectivity index (χ3n) is 1.32. The Balaban J connectivity index is -0.000000174. The molecule has 0 aliphatic heterocycles. The number of nitrogens with zero attached hydrogens (tertiary/aromatic N) is 1. The van der Waals surface area contributed by atoms with Gasteiger partial charge in [-0.05, 0) is 6.92 Å². The second-order valence-electron chi connectivity index (χ2n) is 3.46. The van der Waals surface area contributed by atoms with E-state index >= 15 is 0 Å². The Hall–Kier alpha value is -0.730. The maximum Gasteiger partial charge on any atom is 0.218 e. The Kier molecular flexibility index (Phi) is 19.4. The molecule has 0 saturated heterocycles. The molecule has 0 aromatic rings. The van der Waals surface area contributed by atoms with Crippen LogP contribution < -0.4 is 0 Å². The van der Waals surface area contributed by atoms with Gasteiger partial charge in [0.05, 0.1) is 25.9 Å². The van der Waals surface area contributed by atoms with Crippen LogP contribution in [0.25, 0.3) is 0 Å². The second kappa shape index (κ2) is 15.3. The number of carbonyl (C=O) groups excluding carboxylic acids is 1. The summed E-state index contributed by atoms with van der Waals surface area (Å²) in [4.78, 5) is 11.6. The molecule has 0 aliphatic rings. The molecule has 0 heterocycles. The minimum atomic E-state index is -0.954. The van der Waals surface area contributed by atoms with Crippen LogP contribution in [-0.4, -0.2) is 82.5 Å². The van der Waals surface area contributed by atoms with Crippen molar-refractivity contribution in [3.63, 3.8) is 0 Å². The Morgan fingerprint density at radius 1 is 1.06 bits per heavy atom. The van der Waals surface area contributed by atoms with Crippen LogP contribution in [0.4, 0.5) is 0 Å². The van der Waals surface area contributed by atoms with E-state index in [4.69, 9.17) is 25.5 Å². The van der Waals surface area contributed by atoms with Gasteiger partial charge in [-0.2, -0.15) is 0 Å². The van der Waals surface area contributed by atoms with Gasteiger partial charge in [0, 0.05) is 21.0 Å². The molecule has 106 valence electrons. The van der Waals surface area contributed by atoms with Gasteiger partial charge >= 0.3 is 0 Å². The van der Waals surface area contributed by atoms with Gasteiger partial charge in [-0.15, -0.1) is 0 Å². The summed E-state index contributed by atoms with van der Waals surface area (Å²) in [6.45, 7) is 2.19. The third-order valence-corrected chi connectivity index (χ3v) is 1.32. The van der Waals surface area contributed by atoms with E-state index in [1.54, 1.807) is 14.1 Å². The second-order valence-corrected chi connectivity index (χ2v) is 3.46. The van der Waals surface area contributed by atoms with Crippen LogP contribution in [0.1, 0.15) is 13.8 Å². The summed E-state index contributed by atoms with van der Waals surface area (Å²) in [5.74, 6) is 0.0926. The zero-order chi connectivity index (χ0) is 14.4. The predicted molar refractivity (Wildman–Crippen MR) is 63.3 cm³/mol. The molecule has 0 radical (unpaired) electrons. The van der Waals surface area contributed by atoms with Crippen LogP contribution in [0.5, 0.6) is 0 Å². The van der Waals surface area contributed by atoms with Crippen molar-refractivity contribution in [1.29, 1.82) is 0 Å². The third kappa shape index (κ3) is 31.3. The minimum Gasteiger partial charge on any atom is -0.394 e. The summed E-state index contributed by atoms with van der Waals surface area (Å²) in [7, 11) is 3.45. The van der Waals surface area contributed by atoms with Gasteiger partial charge < -0.3 is 30.4 Å². The smallest absolute Gasteiger partial charge is 0.218 e. The van der Waals surface area contributed by atoms with Gasteiger partial charge in [0.25, 0.3) is 0 Å². The van der Waals surface area contributed by atoms with Crippen molar-refractivity contribution in [2.45, 2.75) is 26.1 Å². The van der Waals surface area contributed by atoms with Crippen LogP contribution >= 0.6 is 0 Å². The molecule has 0 bridgehead atoms. The molecule has 0 fully saturated rings. The Morgan fingerprint density at radius 3 is 1.29 bits per heavy atom. The van der Waals surface area contributed by atoms with Crippen molar-refractivity contribution < 1.29 is 30.3 Å². The highest BCUT2D eigenvalue weighted by atomic mass is 16.3. The van der Waals surface area contributed by atoms with Gasteiger partial charge in [-0.3, -0.25) is 4.79 Å². The Morgan fingerprint density at radius 2 is 1.29 bits per heavy atom. The number of aliphatic hydroxyl groups excluding tert-OH is 5.